The van der Waals surface area contributed by atoms with Crippen LogP contribution in [0.15, 0.2) is 24.3 Å². The molecule has 0 radical (unpaired) electrons. The summed E-state index contributed by atoms with van der Waals surface area (Å²) in [6.07, 6.45) is 1.69. The number of rotatable bonds is 0. The Morgan fingerprint density at radius 1 is 1.10 bits per heavy atom. The van der Waals surface area contributed by atoms with E-state index in [1.165, 1.54) is 0 Å². The second-order valence-corrected chi connectivity index (χ2v) is 2.31. The highest BCUT2D eigenvalue weighted by Gasteiger charge is 1.84. The van der Waals surface area contributed by atoms with E-state index in [9.17, 15) is 0 Å². The van der Waals surface area contributed by atoms with Crippen molar-refractivity contribution >= 4 is 35.8 Å². The van der Waals surface area contributed by atoms with E-state index in [0.717, 1.165) is 0 Å². The van der Waals surface area contributed by atoms with Crippen LogP contribution in [-0.4, -0.2) is 6.26 Å². The Kier molecular flexibility index (Phi) is 5.99. The van der Waals surface area contributed by atoms with Crippen LogP contribution in [0.25, 0.3) is 0 Å². The van der Waals surface area contributed by atoms with Gasteiger partial charge in [-0.25, -0.2) is 0 Å². The van der Waals surface area contributed by atoms with Gasteiger partial charge in [0.2, 0.25) is 0 Å². The van der Waals surface area contributed by atoms with Crippen molar-refractivity contribution in [1.82, 2.24) is 0 Å². The molecule has 0 amide bonds. The van der Waals surface area contributed by atoms with Gasteiger partial charge in [0, 0.05) is 10.0 Å². The number of thiol groups is 1. The predicted molar refractivity (Wildman–Crippen MR) is 51.4 cm³/mol. The van der Waals surface area contributed by atoms with Gasteiger partial charge >= 0.3 is 0 Å². The summed E-state index contributed by atoms with van der Waals surface area (Å²) in [5.74, 6) is 0. The molecule has 10 heavy (non-hydrogen) atoms. The molecule has 0 unspecified atom stereocenters. The Morgan fingerprint density at radius 3 is 1.70 bits per heavy atom. The van der Waals surface area contributed by atoms with Crippen molar-refractivity contribution < 1.29 is 0 Å². The normalized spacial score (nSPS) is 8.00. The van der Waals surface area contributed by atoms with Crippen LogP contribution >= 0.6 is 35.8 Å². The average Bonchev–Trinajstić information content (AvgIpc) is 1.91. The minimum absolute atomic E-state index is 0.678. The molecule has 1 rings (SSSR count). The zero-order valence-corrected chi connectivity index (χ0v) is 7.92. The molecular formula is C7H8Cl2S. The van der Waals surface area contributed by atoms with Gasteiger partial charge in [-0.15, -0.1) is 0 Å². The fourth-order valence-corrected chi connectivity index (χ4v) is 0.896. The highest BCUT2D eigenvalue weighted by atomic mass is 35.5. The van der Waals surface area contributed by atoms with E-state index in [1.54, 1.807) is 24.5 Å². The van der Waals surface area contributed by atoms with Crippen LogP contribution in [0.2, 0.25) is 10.0 Å². The van der Waals surface area contributed by atoms with Gasteiger partial charge in [-0.05, 0) is 24.5 Å². The summed E-state index contributed by atoms with van der Waals surface area (Å²) < 4.78 is 0. The number of hydrogen-bond donors (Lipinski definition) is 1. The molecule has 1 aromatic carbocycles. The fourth-order valence-electron chi connectivity index (χ4n) is 0.460. The molecule has 0 aliphatic carbocycles. The first-order valence-electron chi connectivity index (χ1n) is 2.65. The van der Waals surface area contributed by atoms with Gasteiger partial charge in [0.25, 0.3) is 0 Å². The van der Waals surface area contributed by atoms with Crippen molar-refractivity contribution in [2.75, 3.05) is 6.26 Å². The van der Waals surface area contributed by atoms with Crippen molar-refractivity contribution in [2.45, 2.75) is 0 Å². The smallest absolute Gasteiger partial charge is 0.0420 e. The Balaban J connectivity index is 0.000000371. The number of benzene rings is 1. The predicted octanol–water partition coefficient (Wildman–Crippen LogP) is 3.54. The third kappa shape index (κ3) is 4.04. The van der Waals surface area contributed by atoms with E-state index in [-0.39, 0.29) is 0 Å². The molecular weight excluding hydrogens is 187 g/mol. The van der Waals surface area contributed by atoms with Crippen molar-refractivity contribution in [3.63, 3.8) is 0 Å². The van der Waals surface area contributed by atoms with Crippen molar-refractivity contribution in [1.29, 1.82) is 0 Å². The van der Waals surface area contributed by atoms with Crippen LogP contribution in [0.1, 0.15) is 0 Å². The van der Waals surface area contributed by atoms with Gasteiger partial charge in [0.1, 0.15) is 0 Å². The molecule has 56 valence electrons. The Hall–Kier alpha value is 0.150. The third-order valence-electron chi connectivity index (χ3n) is 0.787. The van der Waals surface area contributed by atoms with Crippen molar-refractivity contribution in [3.8, 4) is 0 Å². The average molecular weight is 195 g/mol. The summed E-state index contributed by atoms with van der Waals surface area (Å²) >= 11 is 14.6. The monoisotopic (exact) mass is 194 g/mol. The summed E-state index contributed by atoms with van der Waals surface area (Å²) in [6.45, 7) is 0. The lowest BCUT2D eigenvalue weighted by Gasteiger charge is -1.86. The molecule has 0 aliphatic heterocycles. The summed E-state index contributed by atoms with van der Waals surface area (Å²) in [5, 5.41) is 1.36. The maximum absolute atomic E-state index is 5.56. The first-order chi connectivity index (χ1) is 4.79. The minimum atomic E-state index is 0.678. The zero-order chi connectivity index (χ0) is 7.98. The maximum atomic E-state index is 5.56. The van der Waals surface area contributed by atoms with Gasteiger partial charge in [-0.2, -0.15) is 12.6 Å². The topological polar surface area (TPSA) is 0 Å². The van der Waals surface area contributed by atoms with Crippen LogP contribution in [-0.2, 0) is 0 Å². The number of halogens is 2. The lowest BCUT2D eigenvalue weighted by Crippen LogP contribution is -1.61. The lowest BCUT2D eigenvalue weighted by molar-refractivity contribution is 1.71. The van der Waals surface area contributed by atoms with Crippen molar-refractivity contribution in [2.24, 2.45) is 0 Å². The summed E-state index contributed by atoms with van der Waals surface area (Å²) in [7, 11) is 0. The minimum Gasteiger partial charge on any atom is -0.183 e. The van der Waals surface area contributed by atoms with Crippen LogP contribution in [0.4, 0.5) is 0 Å². The Morgan fingerprint density at radius 2 is 1.50 bits per heavy atom. The molecule has 0 atom stereocenters. The molecule has 3 heteroatoms. The standard InChI is InChI=1S/C6H4Cl2.CH4S/c7-5-2-1-3-6(8)4-5;1-2/h1-4H;2H,1H3. The van der Waals surface area contributed by atoms with Gasteiger partial charge in [-0.3, -0.25) is 0 Å². The molecule has 0 saturated heterocycles. The van der Waals surface area contributed by atoms with E-state index in [1.807, 2.05) is 6.07 Å². The summed E-state index contributed by atoms with van der Waals surface area (Å²) in [6, 6.07) is 7.08. The molecule has 0 aromatic heterocycles. The maximum Gasteiger partial charge on any atom is 0.0420 e. The van der Waals surface area contributed by atoms with Crippen LogP contribution in [0, 0.1) is 0 Å². The molecule has 0 fully saturated rings. The van der Waals surface area contributed by atoms with Crippen LogP contribution in [0.3, 0.4) is 0 Å². The van der Waals surface area contributed by atoms with Gasteiger partial charge in [0.15, 0.2) is 0 Å². The van der Waals surface area contributed by atoms with Gasteiger partial charge < -0.3 is 0 Å². The van der Waals surface area contributed by atoms with E-state index >= 15 is 0 Å². The quantitative estimate of drug-likeness (QED) is 0.601. The highest BCUT2D eigenvalue weighted by molar-refractivity contribution is 7.79. The SMILES string of the molecule is CS.Clc1cccc(Cl)c1. The molecule has 1 aromatic rings. The fraction of sp³-hybridized carbons (Fsp3) is 0.143. The van der Waals surface area contributed by atoms with Crippen LogP contribution in [0.5, 0.6) is 0 Å². The van der Waals surface area contributed by atoms with Gasteiger partial charge in [-0.1, -0.05) is 29.3 Å². The molecule has 0 spiro atoms. The second kappa shape index (κ2) is 5.90. The third-order valence-corrected chi connectivity index (χ3v) is 1.26. The van der Waals surface area contributed by atoms with Crippen molar-refractivity contribution in [3.05, 3.63) is 34.3 Å². The molecule has 0 bridgehead atoms. The van der Waals surface area contributed by atoms with Gasteiger partial charge in [0.05, 0.1) is 0 Å². The largest absolute Gasteiger partial charge is 0.183 e. The Labute approximate surface area is 76.6 Å². The molecule has 0 N–H and O–H groups in total. The first kappa shape index (κ1) is 10.2. The summed E-state index contributed by atoms with van der Waals surface area (Å²) in [4.78, 5) is 0. The van der Waals surface area contributed by atoms with Crippen LogP contribution < -0.4 is 0 Å². The summed E-state index contributed by atoms with van der Waals surface area (Å²) in [5.41, 5.74) is 0. The van der Waals surface area contributed by atoms with E-state index in [0.29, 0.717) is 10.0 Å². The number of hydrogen-bond acceptors (Lipinski definition) is 1. The van der Waals surface area contributed by atoms with E-state index in [2.05, 4.69) is 12.6 Å². The highest BCUT2D eigenvalue weighted by Crippen LogP contribution is 2.13. The molecule has 0 saturated carbocycles. The zero-order valence-electron chi connectivity index (χ0n) is 5.51. The van der Waals surface area contributed by atoms with E-state index < -0.39 is 0 Å². The van der Waals surface area contributed by atoms with E-state index in [4.69, 9.17) is 23.2 Å². The molecule has 0 aliphatic rings. The lowest BCUT2D eigenvalue weighted by atomic mass is 10.4. The first-order valence-corrected chi connectivity index (χ1v) is 4.30. The Bertz CT molecular complexity index is 171. The molecule has 0 nitrogen and oxygen atoms in total. The second-order valence-electron chi connectivity index (χ2n) is 1.44. The molecule has 0 heterocycles.